The Hall–Kier alpha value is -2.98. The van der Waals surface area contributed by atoms with Crippen LogP contribution in [0.15, 0.2) is 40.3 Å². The summed E-state index contributed by atoms with van der Waals surface area (Å²) >= 11 is 2.63. The van der Waals surface area contributed by atoms with Crippen molar-refractivity contribution in [2.75, 3.05) is 6.61 Å². The van der Waals surface area contributed by atoms with Crippen LogP contribution in [0.2, 0.25) is 0 Å². The van der Waals surface area contributed by atoms with Crippen LogP contribution in [-0.4, -0.2) is 37.3 Å². The van der Waals surface area contributed by atoms with Gasteiger partial charge in [-0.2, -0.15) is 0 Å². The van der Waals surface area contributed by atoms with Crippen LogP contribution in [-0.2, 0) is 4.74 Å². The van der Waals surface area contributed by atoms with Crippen molar-refractivity contribution < 1.29 is 9.53 Å². The summed E-state index contributed by atoms with van der Waals surface area (Å²) in [7, 11) is 0. The molecule has 3 heterocycles. The van der Waals surface area contributed by atoms with Crippen LogP contribution in [0.1, 0.15) is 46.0 Å². The number of aromatic nitrogens is 5. The highest BCUT2D eigenvalue weighted by molar-refractivity contribution is 7.99. The number of nitrogens with zero attached hydrogens (tertiary/aromatic N) is 4. The molecule has 1 N–H and O–H groups in total. The van der Waals surface area contributed by atoms with Crippen molar-refractivity contribution in [2.45, 2.75) is 38.1 Å². The maximum atomic E-state index is 12.8. The molecule has 0 aliphatic rings. The summed E-state index contributed by atoms with van der Waals surface area (Å²) in [6, 6.07) is 9.85. The smallest absolute Gasteiger partial charge is 0.348 e. The number of rotatable bonds is 6. The molecule has 1 atom stereocenters. The molecule has 31 heavy (non-hydrogen) atoms. The molecule has 0 spiro atoms. The van der Waals surface area contributed by atoms with Gasteiger partial charge in [-0.05, 0) is 45.4 Å². The van der Waals surface area contributed by atoms with Gasteiger partial charge in [-0.3, -0.25) is 9.36 Å². The number of H-pyrrole nitrogens is 1. The van der Waals surface area contributed by atoms with E-state index >= 15 is 0 Å². The van der Waals surface area contributed by atoms with E-state index in [2.05, 4.69) is 20.2 Å². The van der Waals surface area contributed by atoms with E-state index in [0.29, 0.717) is 31.6 Å². The van der Waals surface area contributed by atoms with Gasteiger partial charge in [0.25, 0.3) is 5.56 Å². The van der Waals surface area contributed by atoms with Crippen LogP contribution in [0.5, 0.6) is 0 Å². The lowest BCUT2D eigenvalue weighted by molar-refractivity contribution is 0.0531. The molecule has 0 radical (unpaired) electrons. The van der Waals surface area contributed by atoms with Gasteiger partial charge >= 0.3 is 5.97 Å². The van der Waals surface area contributed by atoms with Gasteiger partial charge in [-0.1, -0.05) is 30.0 Å². The number of carbonyl (C=O) groups excluding carboxylic acids is 1. The number of hydrogen-bond donors (Lipinski definition) is 1. The van der Waals surface area contributed by atoms with E-state index in [9.17, 15) is 9.59 Å². The molecule has 0 saturated carbocycles. The Bertz CT molecular complexity index is 1310. The van der Waals surface area contributed by atoms with Crippen molar-refractivity contribution in [3.05, 3.63) is 62.8 Å². The number of aryl methyl sites for hydroxylation is 2. The predicted octanol–water partition coefficient (Wildman–Crippen LogP) is 4.21. The zero-order valence-corrected chi connectivity index (χ0v) is 19.1. The fourth-order valence-electron chi connectivity index (χ4n) is 3.25. The zero-order chi connectivity index (χ0) is 22.1. The number of para-hydroxylation sites is 1. The van der Waals surface area contributed by atoms with E-state index in [-0.39, 0.29) is 17.4 Å². The third kappa shape index (κ3) is 4.00. The van der Waals surface area contributed by atoms with Gasteiger partial charge in [0.1, 0.15) is 21.4 Å². The molecule has 0 aliphatic carbocycles. The van der Waals surface area contributed by atoms with Gasteiger partial charge in [0.15, 0.2) is 5.16 Å². The largest absolute Gasteiger partial charge is 0.462 e. The van der Waals surface area contributed by atoms with Crippen molar-refractivity contribution in [1.29, 1.82) is 0 Å². The Kier molecular flexibility index (Phi) is 5.92. The first-order chi connectivity index (χ1) is 14.9. The quantitative estimate of drug-likeness (QED) is 0.343. The number of carbonyl (C=O) groups is 1. The number of aromatic amines is 1. The van der Waals surface area contributed by atoms with E-state index in [1.54, 1.807) is 13.8 Å². The third-order valence-electron chi connectivity index (χ3n) is 4.76. The first-order valence-corrected chi connectivity index (χ1v) is 11.4. The van der Waals surface area contributed by atoms with E-state index < -0.39 is 5.97 Å². The van der Waals surface area contributed by atoms with Crippen molar-refractivity contribution in [3.63, 3.8) is 0 Å². The Morgan fingerprint density at radius 2 is 2.00 bits per heavy atom. The average molecular weight is 456 g/mol. The van der Waals surface area contributed by atoms with Gasteiger partial charge in [0, 0.05) is 5.69 Å². The lowest BCUT2D eigenvalue weighted by Crippen LogP contribution is -2.13. The van der Waals surface area contributed by atoms with Crippen molar-refractivity contribution in [1.82, 2.24) is 24.7 Å². The number of hydrogen-bond acceptors (Lipinski definition) is 8. The molecule has 8 nitrogen and oxygen atoms in total. The molecule has 0 saturated heterocycles. The topological polar surface area (TPSA) is 103 Å². The van der Waals surface area contributed by atoms with Crippen LogP contribution >= 0.6 is 23.1 Å². The lowest BCUT2D eigenvalue weighted by atomic mass is 10.2. The molecule has 3 aromatic heterocycles. The molecule has 1 aromatic carbocycles. The van der Waals surface area contributed by atoms with E-state index in [1.807, 2.05) is 48.7 Å². The normalized spacial score (nSPS) is 12.3. The summed E-state index contributed by atoms with van der Waals surface area (Å²) in [6.45, 7) is 7.60. The summed E-state index contributed by atoms with van der Waals surface area (Å²) in [5, 5.41) is 9.44. The van der Waals surface area contributed by atoms with Crippen molar-refractivity contribution in [2.24, 2.45) is 0 Å². The van der Waals surface area contributed by atoms with Gasteiger partial charge in [0.2, 0.25) is 0 Å². The first kappa shape index (κ1) is 21.3. The fourth-order valence-corrected chi connectivity index (χ4v) is 5.30. The Morgan fingerprint density at radius 1 is 1.26 bits per heavy atom. The molecular weight excluding hydrogens is 434 g/mol. The highest BCUT2D eigenvalue weighted by atomic mass is 32.2. The maximum Gasteiger partial charge on any atom is 0.348 e. The zero-order valence-electron chi connectivity index (χ0n) is 17.5. The fraction of sp³-hybridized carbons (Fsp3) is 0.286. The van der Waals surface area contributed by atoms with Crippen LogP contribution in [0.25, 0.3) is 15.9 Å². The van der Waals surface area contributed by atoms with Crippen LogP contribution in [0.4, 0.5) is 0 Å². The minimum atomic E-state index is -0.433. The number of ether oxygens (including phenoxy) is 1. The maximum absolute atomic E-state index is 12.8. The molecule has 4 aromatic rings. The predicted molar refractivity (Wildman–Crippen MR) is 121 cm³/mol. The molecule has 0 amide bonds. The van der Waals surface area contributed by atoms with Gasteiger partial charge in [-0.25, -0.2) is 9.78 Å². The minimum Gasteiger partial charge on any atom is -0.462 e. The first-order valence-electron chi connectivity index (χ1n) is 9.75. The standard InChI is InChI=1S/C21H21N5O3S2/c1-5-29-20(28)16-11(2)15-18(27)22-17(23-19(15)31-16)12(3)30-21-25-24-13(4)26(21)14-9-7-6-8-10-14/h6-10,12H,5H2,1-4H3,(H,22,23,27). The monoisotopic (exact) mass is 455 g/mol. The highest BCUT2D eigenvalue weighted by Crippen LogP contribution is 2.35. The molecule has 0 fully saturated rings. The SMILES string of the molecule is CCOC(=O)c1sc2nc(C(C)Sc3nnc(C)n3-c3ccccc3)[nH]c(=O)c2c1C. The van der Waals surface area contributed by atoms with Crippen LogP contribution in [0, 0.1) is 13.8 Å². The van der Waals surface area contributed by atoms with Gasteiger partial charge in [-0.15, -0.1) is 21.5 Å². The minimum absolute atomic E-state index is 0.198. The van der Waals surface area contributed by atoms with Crippen LogP contribution < -0.4 is 5.56 Å². The second kappa shape index (κ2) is 8.64. The number of nitrogens with one attached hydrogen (secondary N) is 1. The van der Waals surface area contributed by atoms with E-state index in [4.69, 9.17) is 4.74 Å². The summed E-state index contributed by atoms with van der Waals surface area (Å²) in [4.78, 5) is 33.4. The molecule has 10 heteroatoms. The van der Waals surface area contributed by atoms with Gasteiger partial charge in [0.05, 0.1) is 17.2 Å². The Labute approximate surface area is 186 Å². The molecule has 0 bridgehead atoms. The van der Waals surface area contributed by atoms with Crippen molar-refractivity contribution >= 4 is 39.3 Å². The number of thiophene rings is 1. The number of thioether (sulfide) groups is 1. The molecule has 0 aliphatic heterocycles. The number of fused-ring (bicyclic) bond motifs is 1. The Balaban J connectivity index is 1.69. The number of benzene rings is 1. The second-order valence-corrected chi connectivity index (χ2v) is 9.18. The molecule has 1 unspecified atom stereocenters. The van der Waals surface area contributed by atoms with E-state index in [0.717, 1.165) is 11.5 Å². The molecular formula is C21H21N5O3S2. The summed E-state index contributed by atoms with van der Waals surface area (Å²) in [6.07, 6.45) is 0. The summed E-state index contributed by atoms with van der Waals surface area (Å²) in [5.41, 5.74) is 1.29. The van der Waals surface area contributed by atoms with Gasteiger partial charge < -0.3 is 9.72 Å². The second-order valence-electron chi connectivity index (χ2n) is 6.87. The lowest BCUT2D eigenvalue weighted by Gasteiger charge is -2.12. The highest BCUT2D eigenvalue weighted by Gasteiger charge is 2.23. The average Bonchev–Trinajstić information content (AvgIpc) is 3.28. The number of esters is 1. The van der Waals surface area contributed by atoms with Crippen molar-refractivity contribution in [3.8, 4) is 5.69 Å². The molecule has 4 rings (SSSR count). The summed E-state index contributed by atoms with van der Waals surface area (Å²) < 4.78 is 7.07. The Morgan fingerprint density at radius 3 is 2.71 bits per heavy atom. The molecule has 160 valence electrons. The summed E-state index contributed by atoms with van der Waals surface area (Å²) in [5.74, 6) is 0.850. The third-order valence-corrected chi connectivity index (χ3v) is 6.97. The van der Waals surface area contributed by atoms with E-state index in [1.165, 1.54) is 23.1 Å². The van der Waals surface area contributed by atoms with Crippen LogP contribution in [0.3, 0.4) is 0 Å².